The van der Waals surface area contributed by atoms with Crippen LogP contribution in [0.25, 0.3) is 22.4 Å². The van der Waals surface area contributed by atoms with Crippen LogP contribution in [0, 0.1) is 11.8 Å². The molecule has 0 fully saturated rings. The summed E-state index contributed by atoms with van der Waals surface area (Å²) in [6, 6.07) is 12.8. The Morgan fingerprint density at radius 3 is 2.88 bits per heavy atom. The third kappa shape index (κ3) is 4.20. The van der Waals surface area contributed by atoms with Crippen molar-refractivity contribution in [3.05, 3.63) is 94.4 Å². The summed E-state index contributed by atoms with van der Waals surface area (Å²) < 4.78 is 0. The number of anilines is 1. The number of pyridine rings is 1. The van der Waals surface area contributed by atoms with Crippen LogP contribution in [0.3, 0.4) is 0 Å². The van der Waals surface area contributed by atoms with Gasteiger partial charge < -0.3 is 10.3 Å². The number of rotatable bonds is 4. The number of nitrogens with zero attached hydrogens (tertiary/aromatic N) is 5. The fourth-order valence-electron chi connectivity index (χ4n) is 3.05. The van der Waals surface area contributed by atoms with Crippen molar-refractivity contribution in [3.63, 3.8) is 0 Å². The Morgan fingerprint density at radius 1 is 1.00 bits per heavy atom. The number of nitrogens with one attached hydrogen (secondary N) is 3. The van der Waals surface area contributed by atoms with Crippen LogP contribution >= 0.6 is 0 Å². The highest BCUT2D eigenvalue weighted by molar-refractivity contribution is 5.79. The highest BCUT2D eigenvalue weighted by Gasteiger charge is 2.07. The molecule has 0 amide bonds. The topological polar surface area (TPSA) is 125 Å². The molecule has 0 aliphatic carbocycles. The molecule has 4 aromatic heterocycles. The predicted octanol–water partition coefficient (Wildman–Crippen LogP) is 2.51. The highest BCUT2D eigenvalue weighted by atomic mass is 16.1. The largest absolute Gasteiger partial charge is 0.350 e. The van der Waals surface area contributed by atoms with E-state index in [0.29, 0.717) is 35.3 Å². The van der Waals surface area contributed by atoms with Crippen LogP contribution < -0.4 is 10.9 Å². The number of hydrogen-bond donors (Lipinski definition) is 3. The fraction of sp³-hybridized carbons (Fsp3) is 0.0435. The van der Waals surface area contributed by atoms with Gasteiger partial charge in [-0.3, -0.25) is 9.89 Å². The smallest absolute Gasteiger partial charge is 0.252 e. The maximum Gasteiger partial charge on any atom is 0.252 e. The molecule has 3 N–H and O–H groups in total. The molecular weight excluding hydrogens is 404 g/mol. The minimum absolute atomic E-state index is 0.155. The van der Waals surface area contributed by atoms with Gasteiger partial charge in [-0.1, -0.05) is 12.0 Å². The van der Waals surface area contributed by atoms with Gasteiger partial charge >= 0.3 is 0 Å². The van der Waals surface area contributed by atoms with Gasteiger partial charge in [-0.25, -0.2) is 19.9 Å². The first-order chi connectivity index (χ1) is 15.7. The molecule has 0 spiro atoms. The molecule has 9 nitrogen and oxygen atoms in total. The van der Waals surface area contributed by atoms with E-state index in [1.165, 1.54) is 0 Å². The molecule has 1 aromatic carbocycles. The lowest BCUT2D eigenvalue weighted by molar-refractivity contribution is 1.01. The Balaban J connectivity index is 1.36. The van der Waals surface area contributed by atoms with Gasteiger partial charge in [-0.2, -0.15) is 5.10 Å². The molecule has 9 heteroatoms. The summed E-state index contributed by atoms with van der Waals surface area (Å²) in [5, 5.41) is 11.0. The second-order valence-corrected chi connectivity index (χ2v) is 6.83. The molecule has 0 unspecified atom stereocenters. The van der Waals surface area contributed by atoms with Gasteiger partial charge in [0.1, 0.15) is 11.4 Å². The van der Waals surface area contributed by atoms with E-state index in [-0.39, 0.29) is 5.56 Å². The number of benzene rings is 1. The summed E-state index contributed by atoms with van der Waals surface area (Å²) in [5.74, 6) is 6.99. The zero-order valence-electron chi connectivity index (χ0n) is 16.7. The van der Waals surface area contributed by atoms with E-state index in [0.717, 1.165) is 16.5 Å². The van der Waals surface area contributed by atoms with Crippen molar-refractivity contribution in [1.29, 1.82) is 0 Å². The molecule has 4 heterocycles. The van der Waals surface area contributed by atoms with Gasteiger partial charge in [0.15, 0.2) is 5.82 Å². The molecule has 5 rings (SSSR count). The maximum atomic E-state index is 11.8. The Labute approximate surface area is 182 Å². The van der Waals surface area contributed by atoms with Gasteiger partial charge in [0, 0.05) is 41.6 Å². The molecule has 0 aliphatic heterocycles. The zero-order chi connectivity index (χ0) is 21.8. The second kappa shape index (κ2) is 8.49. The van der Waals surface area contributed by atoms with E-state index in [4.69, 9.17) is 0 Å². The fourth-order valence-corrected chi connectivity index (χ4v) is 3.05. The van der Waals surface area contributed by atoms with Gasteiger partial charge in [0.05, 0.1) is 11.7 Å². The third-order valence-corrected chi connectivity index (χ3v) is 4.65. The predicted molar refractivity (Wildman–Crippen MR) is 120 cm³/mol. The van der Waals surface area contributed by atoms with Crippen LogP contribution in [0.1, 0.15) is 16.8 Å². The Hall–Kier alpha value is -4.84. The molecule has 0 bridgehead atoms. The van der Waals surface area contributed by atoms with Crippen LogP contribution in [0.2, 0.25) is 0 Å². The summed E-state index contributed by atoms with van der Waals surface area (Å²) in [4.78, 5) is 31.9. The van der Waals surface area contributed by atoms with Gasteiger partial charge in [-0.15, -0.1) is 0 Å². The van der Waals surface area contributed by atoms with Crippen LogP contribution in [0.5, 0.6) is 0 Å². The summed E-state index contributed by atoms with van der Waals surface area (Å²) in [7, 11) is 0. The molecule has 32 heavy (non-hydrogen) atoms. The van der Waals surface area contributed by atoms with Crippen LogP contribution in [-0.4, -0.2) is 35.1 Å². The SMILES string of the molecule is O=c1[nH]cccc1CNc1nccc(-c2nccc(C#Cc3ccc4[nH]ncc4c3)n2)n1. The van der Waals surface area contributed by atoms with E-state index >= 15 is 0 Å². The number of hydrogen-bond acceptors (Lipinski definition) is 7. The van der Waals surface area contributed by atoms with Crippen molar-refractivity contribution in [2.45, 2.75) is 6.54 Å². The van der Waals surface area contributed by atoms with Crippen molar-refractivity contribution in [2.75, 3.05) is 5.32 Å². The first-order valence-corrected chi connectivity index (χ1v) is 9.77. The standard InChI is InChI=1S/C23H16N8O/c32-22-16(2-1-9-25-22)13-27-23-26-11-8-20(30-23)21-24-10-7-18(29-21)5-3-15-4-6-19-17(12-15)14-28-31-19/h1-2,4,6-12,14H,13H2,(H,25,32)(H,28,31)(H,26,27,30). The Bertz CT molecular complexity index is 1530. The normalized spacial score (nSPS) is 10.5. The number of fused-ring (bicyclic) bond motifs is 1. The molecule has 0 atom stereocenters. The lowest BCUT2D eigenvalue weighted by atomic mass is 10.1. The van der Waals surface area contributed by atoms with Gasteiger partial charge in [0.2, 0.25) is 5.95 Å². The summed E-state index contributed by atoms with van der Waals surface area (Å²) in [6.07, 6.45) is 6.61. The Kier molecular flexibility index (Phi) is 5.08. The summed E-state index contributed by atoms with van der Waals surface area (Å²) >= 11 is 0. The minimum Gasteiger partial charge on any atom is -0.350 e. The first-order valence-electron chi connectivity index (χ1n) is 9.77. The zero-order valence-corrected chi connectivity index (χ0v) is 16.7. The van der Waals surface area contributed by atoms with Crippen LogP contribution in [-0.2, 0) is 6.54 Å². The van der Waals surface area contributed by atoms with Crippen molar-refractivity contribution < 1.29 is 0 Å². The number of aromatic nitrogens is 7. The van der Waals surface area contributed by atoms with Crippen LogP contribution in [0.4, 0.5) is 5.95 Å². The van der Waals surface area contributed by atoms with E-state index < -0.39 is 0 Å². The molecule has 0 saturated heterocycles. The number of H-pyrrole nitrogens is 2. The summed E-state index contributed by atoms with van der Waals surface area (Å²) in [5.41, 5.74) is 3.38. The van der Waals surface area contributed by atoms with E-state index in [1.807, 2.05) is 18.2 Å². The average molecular weight is 420 g/mol. The molecule has 5 aromatic rings. The monoisotopic (exact) mass is 420 g/mol. The van der Waals surface area contributed by atoms with Crippen molar-refractivity contribution in [2.24, 2.45) is 0 Å². The van der Waals surface area contributed by atoms with E-state index in [2.05, 4.69) is 52.3 Å². The van der Waals surface area contributed by atoms with Crippen molar-refractivity contribution in [1.82, 2.24) is 35.1 Å². The minimum atomic E-state index is -0.155. The summed E-state index contributed by atoms with van der Waals surface area (Å²) in [6.45, 7) is 0.299. The highest BCUT2D eigenvalue weighted by Crippen LogP contribution is 2.14. The third-order valence-electron chi connectivity index (χ3n) is 4.65. The molecular formula is C23H16N8O. The molecule has 0 saturated carbocycles. The van der Waals surface area contributed by atoms with Gasteiger partial charge in [0.25, 0.3) is 5.56 Å². The number of aromatic amines is 2. The van der Waals surface area contributed by atoms with E-state index in [9.17, 15) is 4.79 Å². The maximum absolute atomic E-state index is 11.8. The van der Waals surface area contributed by atoms with Gasteiger partial charge in [-0.05, 0) is 42.3 Å². The van der Waals surface area contributed by atoms with E-state index in [1.54, 1.807) is 49.1 Å². The Morgan fingerprint density at radius 2 is 1.94 bits per heavy atom. The lowest BCUT2D eigenvalue weighted by Gasteiger charge is -2.05. The van der Waals surface area contributed by atoms with Crippen molar-refractivity contribution in [3.8, 4) is 23.4 Å². The lowest BCUT2D eigenvalue weighted by Crippen LogP contribution is -2.15. The van der Waals surface area contributed by atoms with Crippen LogP contribution in [0.15, 0.2) is 72.0 Å². The quantitative estimate of drug-likeness (QED) is 0.382. The average Bonchev–Trinajstić information content (AvgIpc) is 3.31. The molecule has 154 valence electrons. The molecule has 0 radical (unpaired) electrons. The van der Waals surface area contributed by atoms with Crippen molar-refractivity contribution >= 4 is 16.9 Å². The second-order valence-electron chi connectivity index (χ2n) is 6.83. The molecule has 0 aliphatic rings. The first kappa shape index (κ1) is 19.1.